The van der Waals surface area contributed by atoms with Crippen molar-refractivity contribution in [1.82, 2.24) is 0 Å². The van der Waals surface area contributed by atoms with E-state index in [0.29, 0.717) is 6.61 Å². The van der Waals surface area contributed by atoms with E-state index >= 15 is 0 Å². The van der Waals surface area contributed by atoms with Gasteiger partial charge in [-0.05, 0) is 19.3 Å². The molecular formula is C21H38O4. The number of esters is 2. The largest absolute Gasteiger partial charge is 0.463 e. The van der Waals surface area contributed by atoms with Crippen molar-refractivity contribution in [2.75, 3.05) is 13.2 Å². The predicted molar refractivity (Wildman–Crippen MR) is 100 cm³/mol. The standard InChI is InChI=1S/C21H38O4/c1-2-3-4-5-6-7-8-9-10-14-17-24-20(22)18-25-21(23)19-15-12-11-13-16-19/h19H,2-18H2,1H3. The molecule has 0 N–H and O–H groups in total. The summed E-state index contributed by atoms with van der Waals surface area (Å²) in [6.45, 7) is 2.46. The maximum atomic E-state index is 11.8. The third kappa shape index (κ3) is 12.0. The Bertz CT molecular complexity index is 348. The predicted octanol–water partition coefficient (Wildman–Crippen LogP) is 5.57. The number of hydrogen-bond donors (Lipinski definition) is 0. The smallest absolute Gasteiger partial charge is 0.344 e. The molecule has 146 valence electrons. The molecule has 1 aliphatic carbocycles. The van der Waals surface area contributed by atoms with E-state index < -0.39 is 5.97 Å². The van der Waals surface area contributed by atoms with Crippen molar-refractivity contribution in [3.8, 4) is 0 Å². The molecule has 0 aromatic rings. The fourth-order valence-corrected chi connectivity index (χ4v) is 3.40. The molecule has 0 spiro atoms. The summed E-state index contributed by atoms with van der Waals surface area (Å²) < 4.78 is 10.2. The van der Waals surface area contributed by atoms with E-state index in [1.165, 1.54) is 57.8 Å². The number of rotatable bonds is 14. The lowest BCUT2D eigenvalue weighted by atomic mass is 9.89. The zero-order chi connectivity index (χ0) is 18.2. The summed E-state index contributed by atoms with van der Waals surface area (Å²) >= 11 is 0. The Balaban J connectivity index is 1.86. The molecule has 0 saturated heterocycles. The first-order valence-electron chi connectivity index (χ1n) is 10.6. The van der Waals surface area contributed by atoms with Gasteiger partial charge in [0.2, 0.25) is 0 Å². The first-order chi connectivity index (χ1) is 12.2. The van der Waals surface area contributed by atoms with Gasteiger partial charge in [0.25, 0.3) is 0 Å². The summed E-state index contributed by atoms with van der Waals surface area (Å²) in [7, 11) is 0. The zero-order valence-corrected chi connectivity index (χ0v) is 16.2. The molecule has 1 fully saturated rings. The molecule has 4 heteroatoms. The minimum Gasteiger partial charge on any atom is -0.463 e. The molecule has 0 atom stereocenters. The van der Waals surface area contributed by atoms with E-state index in [-0.39, 0.29) is 18.5 Å². The van der Waals surface area contributed by atoms with Crippen molar-refractivity contribution in [2.45, 2.75) is 103 Å². The Labute approximate surface area is 154 Å². The molecule has 0 radical (unpaired) electrons. The summed E-state index contributed by atoms with van der Waals surface area (Å²) in [5, 5.41) is 0. The van der Waals surface area contributed by atoms with Crippen LogP contribution < -0.4 is 0 Å². The second kappa shape index (κ2) is 15.2. The number of carbonyl (C=O) groups is 2. The van der Waals surface area contributed by atoms with E-state index in [9.17, 15) is 9.59 Å². The maximum absolute atomic E-state index is 11.8. The molecule has 25 heavy (non-hydrogen) atoms. The molecular weight excluding hydrogens is 316 g/mol. The number of hydrogen-bond acceptors (Lipinski definition) is 4. The van der Waals surface area contributed by atoms with Crippen LogP contribution >= 0.6 is 0 Å². The summed E-state index contributed by atoms with van der Waals surface area (Å²) in [6.07, 6.45) is 17.7. The molecule has 1 aliphatic rings. The Morgan fingerprint density at radius 3 is 1.92 bits per heavy atom. The average Bonchev–Trinajstić information content (AvgIpc) is 2.65. The molecule has 0 unspecified atom stereocenters. The Morgan fingerprint density at radius 1 is 0.760 bits per heavy atom. The van der Waals surface area contributed by atoms with E-state index in [4.69, 9.17) is 9.47 Å². The van der Waals surface area contributed by atoms with E-state index in [1.54, 1.807) is 0 Å². The average molecular weight is 355 g/mol. The molecule has 0 bridgehead atoms. The van der Waals surface area contributed by atoms with Crippen LogP contribution in [0.15, 0.2) is 0 Å². The third-order valence-electron chi connectivity index (χ3n) is 5.03. The van der Waals surface area contributed by atoms with Crippen molar-refractivity contribution in [3.05, 3.63) is 0 Å². The van der Waals surface area contributed by atoms with E-state index in [2.05, 4.69) is 6.92 Å². The van der Waals surface area contributed by atoms with Crippen molar-refractivity contribution in [3.63, 3.8) is 0 Å². The molecule has 0 heterocycles. The lowest BCUT2D eigenvalue weighted by Gasteiger charge is -2.19. The number of ether oxygens (including phenoxy) is 2. The van der Waals surface area contributed by atoms with Gasteiger partial charge in [0.15, 0.2) is 6.61 Å². The number of unbranched alkanes of at least 4 members (excludes halogenated alkanes) is 9. The molecule has 1 saturated carbocycles. The van der Waals surface area contributed by atoms with Crippen molar-refractivity contribution < 1.29 is 19.1 Å². The van der Waals surface area contributed by atoms with Gasteiger partial charge in [0, 0.05) is 0 Å². The van der Waals surface area contributed by atoms with Gasteiger partial charge in [-0.3, -0.25) is 4.79 Å². The van der Waals surface area contributed by atoms with Crippen LogP contribution in [0.5, 0.6) is 0 Å². The minimum atomic E-state index is -0.417. The van der Waals surface area contributed by atoms with Crippen LogP contribution in [0.2, 0.25) is 0 Å². The van der Waals surface area contributed by atoms with Crippen LogP contribution in [0.3, 0.4) is 0 Å². The Kier molecular flexibility index (Phi) is 13.4. The van der Waals surface area contributed by atoms with Gasteiger partial charge in [-0.2, -0.15) is 0 Å². The molecule has 0 amide bonds. The van der Waals surface area contributed by atoms with Crippen LogP contribution in [-0.4, -0.2) is 25.2 Å². The summed E-state index contributed by atoms with van der Waals surface area (Å²) in [6, 6.07) is 0. The Morgan fingerprint density at radius 2 is 1.32 bits per heavy atom. The van der Waals surface area contributed by atoms with Gasteiger partial charge in [0.1, 0.15) is 0 Å². The first kappa shape index (κ1) is 22.0. The first-order valence-corrected chi connectivity index (χ1v) is 10.6. The van der Waals surface area contributed by atoms with Gasteiger partial charge in [-0.25, -0.2) is 4.79 Å². The number of carbonyl (C=O) groups excluding carboxylic acids is 2. The van der Waals surface area contributed by atoms with Gasteiger partial charge in [0.05, 0.1) is 12.5 Å². The van der Waals surface area contributed by atoms with Crippen molar-refractivity contribution >= 4 is 11.9 Å². The quantitative estimate of drug-likeness (QED) is 0.302. The van der Waals surface area contributed by atoms with Gasteiger partial charge < -0.3 is 9.47 Å². The second-order valence-corrected chi connectivity index (χ2v) is 7.35. The highest BCUT2D eigenvalue weighted by Crippen LogP contribution is 2.24. The van der Waals surface area contributed by atoms with Gasteiger partial charge in [-0.15, -0.1) is 0 Å². The maximum Gasteiger partial charge on any atom is 0.344 e. The van der Waals surface area contributed by atoms with Gasteiger partial charge >= 0.3 is 11.9 Å². The summed E-state index contributed by atoms with van der Waals surface area (Å²) in [4.78, 5) is 23.4. The summed E-state index contributed by atoms with van der Waals surface area (Å²) in [5.74, 6) is -0.654. The van der Waals surface area contributed by atoms with Gasteiger partial charge in [-0.1, -0.05) is 84.0 Å². The highest BCUT2D eigenvalue weighted by Gasteiger charge is 2.23. The van der Waals surface area contributed by atoms with Crippen LogP contribution in [0.25, 0.3) is 0 Å². The van der Waals surface area contributed by atoms with Crippen LogP contribution in [0.1, 0.15) is 103 Å². The van der Waals surface area contributed by atoms with E-state index in [0.717, 1.165) is 38.5 Å². The van der Waals surface area contributed by atoms with Crippen LogP contribution in [-0.2, 0) is 19.1 Å². The normalized spacial score (nSPS) is 15.1. The van der Waals surface area contributed by atoms with Crippen LogP contribution in [0.4, 0.5) is 0 Å². The second-order valence-electron chi connectivity index (χ2n) is 7.35. The molecule has 0 aromatic carbocycles. The Hall–Kier alpha value is -1.06. The lowest BCUT2D eigenvalue weighted by Crippen LogP contribution is -2.24. The fraction of sp³-hybridized carbons (Fsp3) is 0.905. The molecule has 0 aromatic heterocycles. The highest BCUT2D eigenvalue weighted by molar-refractivity contribution is 5.77. The molecule has 4 nitrogen and oxygen atoms in total. The summed E-state index contributed by atoms with van der Waals surface area (Å²) in [5.41, 5.74) is 0. The monoisotopic (exact) mass is 354 g/mol. The molecule has 0 aliphatic heterocycles. The SMILES string of the molecule is CCCCCCCCCCCCOC(=O)COC(=O)C1CCCCC1. The van der Waals surface area contributed by atoms with Crippen LogP contribution in [0, 0.1) is 5.92 Å². The topological polar surface area (TPSA) is 52.6 Å². The zero-order valence-electron chi connectivity index (χ0n) is 16.2. The fourth-order valence-electron chi connectivity index (χ4n) is 3.40. The van der Waals surface area contributed by atoms with E-state index in [1.807, 2.05) is 0 Å². The van der Waals surface area contributed by atoms with Crippen molar-refractivity contribution in [1.29, 1.82) is 0 Å². The third-order valence-corrected chi connectivity index (χ3v) is 5.03. The highest BCUT2D eigenvalue weighted by atomic mass is 16.6. The minimum absolute atomic E-state index is 0.0106. The van der Waals surface area contributed by atoms with Crippen molar-refractivity contribution in [2.24, 2.45) is 5.92 Å². The molecule has 1 rings (SSSR count). The lowest BCUT2D eigenvalue weighted by molar-refractivity contribution is -0.162.